The molecule has 0 unspecified atom stereocenters. The molecule has 132 valence electrons. The van der Waals surface area contributed by atoms with Crippen LogP contribution in [0.2, 0.25) is 0 Å². The van der Waals surface area contributed by atoms with Crippen LogP contribution in [0, 0.1) is 5.92 Å². The lowest BCUT2D eigenvalue weighted by molar-refractivity contribution is 0.0904. The molecule has 4 nitrogen and oxygen atoms in total. The van der Waals surface area contributed by atoms with Gasteiger partial charge in [-0.2, -0.15) is 11.8 Å². The van der Waals surface area contributed by atoms with E-state index in [2.05, 4.69) is 23.7 Å². The molecule has 0 spiro atoms. The summed E-state index contributed by atoms with van der Waals surface area (Å²) < 4.78 is 5.91. The van der Waals surface area contributed by atoms with Crippen molar-refractivity contribution in [2.45, 2.75) is 43.1 Å². The molecule has 4 atom stereocenters. The van der Waals surface area contributed by atoms with E-state index in [0.29, 0.717) is 23.8 Å². The number of urea groups is 1. The third kappa shape index (κ3) is 4.06. The first-order valence-electron chi connectivity index (χ1n) is 8.89. The van der Waals surface area contributed by atoms with Gasteiger partial charge >= 0.3 is 6.03 Å². The maximum Gasteiger partial charge on any atom is 0.317 e. The molecule has 0 aromatic heterocycles. The zero-order chi connectivity index (χ0) is 16.9. The Kier molecular flexibility index (Phi) is 6.06. The average Bonchev–Trinajstić information content (AvgIpc) is 3.28. The molecule has 2 aliphatic rings. The second-order valence-corrected chi connectivity index (χ2v) is 8.01. The molecular weight excluding hydrogens is 320 g/mol. The van der Waals surface area contributed by atoms with Gasteiger partial charge in [0.15, 0.2) is 0 Å². The lowest BCUT2D eigenvalue weighted by Crippen LogP contribution is -2.44. The van der Waals surface area contributed by atoms with E-state index in [4.69, 9.17) is 4.74 Å². The summed E-state index contributed by atoms with van der Waals surface area (Å²) in [5.41, 5.74) is 1.21. The first kappa shape index (κ1) is 17.6. The number of carbonyl (C=O) groups is 1. The number of thioether (sulfide) groups is 1. The molecule has 1 aromatic carbocycles. The van der Waals surface area contributed by atoms with E-state index in [1.54, 1.807) is 0 Å². The summed E-state index contributed by atoms with van der Waals surface area (Å²) in [6, 6.07) is 10.8. The van der Waals surface area contributed by atoms with Crippen LogP contribution in [-0.4, -0.2) is 48.7 Å². The van der Waals surface area contributed by atoms with Gasteiger partial charge in [0, 0.05) is 37.4 Å². The molecule has 0 radical (unpaired) electrons. The van der Waals surface area contributed by atoms with Crippen molar-refractivity contribution >= 4 is 17.8 Å². The highest BCUT2D eigenvalue weighted by Gasteiger charge is 2.32. The van der Waals surface area contributed by atoms with Gasteiger partial charge in [-0.05, 0) is 37.5 Å². The SMILES string of the molecule is CS[C@@H]1CC[C@H](N(C)C(=O)NC[C@@H]2CCO[C@@H]2c2ccccc2)C1. The maximum atomic E-state index is 12.5. The average molecular weight is 349 g/mol. The van der Waals surface area contributed by atoms with Crippen LogP contribution in [0.5, 0.6) is 0 Å². The lowest BCUT2D eigenvalue weighted by Gasteiger charge is -2.26. The number of ether oxygens (including phenoxy) is 1. The molecule has 5 heteroatoms. The van der Waals surface area contributed by atoms with Gasteiger partial charge in [0.25, 0.3) is 0 Å². The van der Waals surface area contributed by atoms with Gasteiger partial charge in [0.1, 0.15) is 0 Å². The minimum absolute atomic E-state index is 0.0560. The topological polar surface area (TPSA) is 41.6 Å². The quantitative estimate of drug-likeness (QED) is 0.882. The van der Waals surface area contributed by atoms with Gasteiger partial charge in [-0.3, -0.25) is 0 Å². The van der Waals surface area contributed by atoms with Crippen molar-refractivity contribution in [1.29, 1.82) is 0 Å². The molecule has 1 aliphatic carbocycles. The summed E-state index contributed by atoms with van der Waals surface area (Å²) in [7, 11) is 1.93. The number of benzene rings is 1. The van der Waals surface area contributed by atoms with Crippen LogP contribution >= 0.6 is 11.8 Å². The molecule has 2 fully saturated rings. The van der Waals surface area contributed by atoms with E-state index in [1.807, 2.05) is 41.9 Å². The normalized spacial score (nSPS) is 29.6. The Morgan fingerprint density at radius 3 is 2.79 bits per heavy atom. The predicted molar refractivity (Wildman–Crippen MR) is 99.3 cm³/mol. The fourth-order valence-electron chi connectivity index (χ4n) is 3.85. The number of rotatable bonds is 5. The zero-order valence-electron chi connectivity index (χ0n) is 14.6. The molecule has 1 saturated heterocycles. The molecule has 1 N–H and O–H groups in total. The highest BCUT2D eigenvalue weighted by Crippen LogP contribution is 2.34. The summed E-state index contributed by atoms with van der Waals surface area (Å²) in [6.07, 6.45) is 6.72. The smallest absolute Gasteiger partial charge is 0.317 e. The van der Waals surface area contributed by atoms with Crippen molar-refractivity contribution in [3.8, 4) is 0 Å². The first-order valence-corrected chi connectivity index (χ1v) is 10.2. The number of hydrogen-bond donors (Lipinski definition) is 1. The van der Waals surface area contributed by atoms with Crippen LogP contribution in [0.1, 0.15) is 37.4 Å². The molecular formula is C19H28N2O2S. The van der Waals surface area contributed by atoms with Crippen LogP contribution in [0.25, 0.3) is 0 Å². The Hall–Kier alpha value is -1.20. The van der Waals surface area contributed by atoms with Gasteiger partial charge in [-0.15, -0.1) is 0 Å². The summed E-state index contributed by atoms with van der Waals surface area (Å²) >= 11 is 1.92. The second-order valence-electron chi connectivity index (χ2n) is 6.87. The third-order valence-corrected chi connectivity index (χ3v) is 6.51. The number of nitrogens with zero attached hydrogens (tertiary/aromatic N) is 1. The van der Waals surface area contributed by atoms with E-state index in [-0.39, 0.29) is 12.1 Å². The van der Waals surface area contributed by atoms with Gasteiger partial charge in [-0.1, -0.05) is 30.3 Å². The van der Waals surface area contributed by atoms with Crippen molar-refractivity contribution in [1.82, 2.24) is 10.2 Å². The van der Waals surface area contributed by atoms with Crippen LogP contribution in [-0.2, 0) is 4.74 Å². The monoisotopic (exact) mass is 348 g/mol. The van der Waals surface area contributed by atoms with Crippen molar-refractivity contribution < 1.29 is 9.53 Å². The molecule has 3 rings (SSSR count). The van der Waals surface area contributed by atoms with Gasteiger partial charge in [0.2, 0.25) is 0 Å². The van der Waals surface area contributed by atoms with Crippen molar-refractivity contribution in [2.75, 3.05) is 26.5 Å². The maximum absolute atomic E-state index is 12.5. The van der Waals surface area contributed by atoms with Crippen molar-refractivity contribution in [2.24, 2.45) is 5.92 Å². The van der Waals surface area contributed by atoms with Gasteiger partial charge < -0.3 is 15.0 Å². The summed E-state index contributed by atoms with van der Waals surface area (Å²) in [5.74, 6) is 0.354. The summed E-state index contributed by atoms with van der Waals surface area (Å²) in [5, 5.41) is 3.84. The highest BCUT2D eigenvalue weighted by molar-refractivity contribution is 7.99. The number of nitrogens with one attached hydrogen (secondary N) is 1. The standard InChI is InChI=1S/C19H28N2O2S/c1-21(16-8-9-17(12-16)24-2)19(22)20-13-15-10-11-23-18(15)14-6-4-3-5-7-14/h3-7,15-18H,8-13H2,1-2H3,(H,20,22)/t15-,16-,17+,18+/m0/s1. The Bertz CT molecular complexity index is 539. The first-order chi connectivity index (χ1) is 11.7. The Morgan fingerprint density at radius 2 is 2.08 bits per heavy atom. The van der Waals surface area contributed by atoms with Crippen LogP contribution in [0.15, 0.2) is 30.3 Å². The fraction of sp³-hybridized carbons (Fsp3) is 0.632. The highest BCUT2D eigenvalue weighted by atomic mass is 32.2. The molecule has 1 heterocycles. The molecule has 0 bridgehead atoms. The number of carbonyl (C=O) groups excluding carboxylic acids is 1. The van der Waals surface area contributed by atoms with Crippen LogP contribution in [0.3, 0.4) is 0 Å². The van der Waals surface area contributed by atoms with E-state index in [1.165, 1.54) is 12.0 Å². The minimum atomic E-state index is 0.0560. The van der Waals surface area contributed by atoms with Gasteiger partial charge in [-0.25, -0.2) is 4.79 Å². The fourth-order valence-corrected chi connectivity index (χ4v) is 4.63. The van der Waals surface area contributed by atoms with Gasteiger partial charge in [0.05, 0.1) is 6.10 Å². The van der Waals surface area contributed by atoms with Crippen molar-refractivity contribution in [3.05, 3.63) is 35.9 Å². The molecule has 2 amide bonds. The largest absolute Gasteiger partial charge is 0.373 e. The Balaban J connectivity index is 1.50. The van der Waals surface area contributed by atoms with E-state index >= 15 is 0 Å². The zero-order valence-corrected chi connectivity index (χ0v) is 15.4. The van der Waals surface area contributed by atoms with Crippen molar-refractivity contribution in [3.63, 3.8) is 0 Å². The second kappa shape index (κ2) is 8.26. The molecule has 1 aliphatic heterocycles. The number of hydrogen-bond acceptors (Lipinski definition) is 3. The molecule has 24 heavy (non-hydrogen) atoms. The third-order valence-electron chi connectivity index (χ3n) is 5.42. The number of amides is 2. The lowest BCUT2D eigenvalue weighted by atomic mass is 9.95. The minimum Gasteiger partial charge on any atom is -0.373 e. The van der Waals surface area contributed by atoms with E-state index < -0.39 is 0 Å². The summed E-state index contributed by atoms with van der Waals surface area (Å²) in [4.78, 5) is 14.4. The van der Waals surface area contributed by atoms with E-state index in [0.717, 1.165) is 25.9 Å². The Morgan fingerprint density at radius 1 is 1.29 bits per heavy atom. The van der Waals surface area contributed by atoms with E-state index in [9.17, 15) is 4.79 Å². The van der Waals surface area contributed by atoms with Crippen LogP contribution in [0.4, 0.5) is 4.79 Å². The summed E-state index contributed by atoms with van der Waals surface area (Å²) in [6.45, 7) is 1.45. The van der Waals surface area contributed by atoms with Crippen LogP contribution < -0.4 is 5.32 Å². The predicted octanol–water partition coefficient (Wildman–Crippen LogP) is 3.69. The molecule has 1 aromatic rings. The molecule has 1 saturated carbocycles. The Labute approximate surface area is 149 Å².